The number of rotatable bonds is 3. The first-order valence-corrected chi connectivity index (χ1v) is 8.38. The van der Waals surface area contributed by atoms with E-state index >= 15 is 0 Å². The summed E-state index contributed by atoms with van der Waals surface area (Å²) in [7, 11) is 0. The molecule has 0 radical (unpaired) electrons. The Kier molecular flexibility index (Phi) is 4.70. The normalized spacial score (nSPS) is 13.6. The first kappa shape index (κ1) is 14.7. The summed E-state index contributed by atoms with van der Waals surface area (Å²) in [6, 6.07) is 12.1. The Morgan fingerprint density at radius 1 is 0.952 bits per heavy atom. The minimum absolute atomic E-state index is 0.709. The molecule has 5 heteroatoms. The van der Waals surface area contributed by atoms with Gasteiger partial charge in [-0.25, -0.2) is 0 Å². The van der Waals surface area contributed by atoms with Gasteiger partial charge in [0.25, 0.3) is 0 Å². The second-order valence-corrected chi connectivity index (χ2v) is 6.58. The molecule has 0 bridgehead atoms. The maximum atomic E-state index is 5.71. The van der Waals surface area contributed by atoms with Gasteiger partial charge in [-0.2, -0.15) is 0 Å². The Morgan fingerprint density at radius 3 is 2.62 bits per heavy atom. The molecule has 0 amide bonds. The zero-order valence-electron chi connectivity index (χ0n) is 11.4. The van der Waals surface area contributed by atoms with E-state index in [4.69, 9.17) is 9.47 Å². The van der Waals surface area contributed by atoms with Gasteiger partial charge in [0, 0.05) is 27.6 Å². The van der Waals surface area contributed by atoms with Crippen molar-refractivity contribution in [3.05, 3.63) is 50.9 Å². The fourth-order valence-corrected chi connectivity index (χ4v) is 2.90. The number of anilines is 1. The molecule has 1 aliphatic heterocycles. The summed E-state index contributed by atoms with van der Waals surface area (Å²) in [6.07, 6.45) is 0.924. The van der Waals surface area contributed by atoms with E-state index in [0.717, 1.165) is 51.3 Å². The predicted octanol–water partition coefficient (Wildman–Crippen LogP) is 4.99. The topological polar surface area (TPSA) is 30.5 Å². The standard InChI is InChI=1S/C16H15Br2NO2/c17-12-3-4-13(18)14(9-12)19-10-11-2-5-15-16(8-11)21-7-1-6-20-15/h2-5,8-9,19H,1,6-7,10H2. The van der Waals surface area contributed by atoms with Gasteiger partial charge >= 0.3 is 0 Å². The molecule has 110 valence electrons. The molecule has 2 aromatic rings. The van der Waals surface area contributed by atoms with Crippen LogP contribution in [0.5, 0.6) is 11.5 Å². The summed E-state index contributed by atoms with van der Waals surface area (Å²) < 4.78 is 13.4. The predicted molar refractivity (Wildman–Crippen MR) is 91.2 cm³/mol. The van der Waals surface area contributed by atoms with E-state index in [2.05, 4.69) is 43.2 Å². The van der Waals surface area contributed by atoms with Crippen LogP contribution in [0, 0.1) is 0 Å². The van der Waals surface area contributed by atoms with E-state index in [1.165, 1.54) is 0 Å². The van der Waals surface area contributed by atoms with Crippen LogP contribution < -0.4 is 14.8 Å². The summed E-state index contributed by atoms with van der Waals surface area (Å²) in [5.41, 5.74) is 2.21. The molecule has 1 N–H and O–H groups in total. The van der Waals surface area contributed by atoms with E-state index in [1.807, 2.05) is 30.3 Å². The van der Waals surface area contributed by atoms with Gasteiger partial charge in [-0.05, 0) is 51.8 Å². The van der Waals surface area contributed by atoms with E-state index in [-0.39, 0.29) is 0 Å². The third kappa shape index (κ3) is 3.71. The molecule has 0 fully saturated rings. The Bertz CT molecular complexity index is 646. The molecule has 0 atom stereocenters. The van der Waals surface area contributed by atoms with Crippen molar-refractivity contribution in [3.8, 4) is 11.5 Å². The highest BCUT2D eigenvalue weighted by Crippen LogP contribution is 2.31. The summed E-state index contributed by atoms with van der Waals surface area (Å²) >= 11 is 7.03. The van der Waals surface area contributed by atoms with Crippen molar-refractivity contribution in [2.24, 2.45) is 0 Å². The lowest BCUT2D eigenvalue weighted by Crippen LogP contribution is -2.01. The molecule has 0 aliphatic carbocycles. The molecule has 3 nitrogen and oxygen atoms in total. The molecule has 0 saturated heterocycles. The van der Waals surface area contributed by atoms with Crippen molar-refractivity contribution in [2.75, 3.05) is 18.5 Å². The zero-order chi connectivity index (χ0) is 14.7. The third-order valence-electron chi connectivity index (χ3n) is 3.22. The Hall–Kier alpha value is -1.20. The van der Waals surface area contributed by atoms with E-state index in [9.17, 15) is 0 Å². The lowest BCUT2D eigenvalue weighted by atomic mass is 10.2. The van der Waals surface area contributed by atoms with Gasteiger partial charge in [0.1, 0.15) is 0 Å². The molecular formula is C16H15Br2NO2. The molecule has 2 aromatic carbocycles. The maximum Gasteiger partial charge on any atom is 0.161 e. The molecule has 0 unspecified atom stereocenters. The Balaban J connectivity index is 1.73. The number of benzene rings is 2. The van der Waals surface area contributed by atoms with Gasteiger partial charge in [-0.3, -0.25) is 0 Å². The first-order valence-electron chi connectivity index (χ1n) is 6.80. The van der Waals surface area contributed by atoms with Crippen LogP contribution in [0.15, 0.2) is 45.3 Å². The minimum atomic E-state index is 0.709. The van der Waals surface area contributed by atoms with Gasteiger partial charge in [0.05, 0.1) is 13.2 Å². The number of ether oxygens (including phenoxy) is 2. The summed E-state index contributed by atoms with van der Waals surface area (Å²) in [5.74, 6) is 1.67. The molecule has 1 aliphatic rings. The van der Waals surface area contributed by atoms with Crippen LogP contribution in [0.2, 0.25) is 0 Å². The van der Waals surface area contributed by atoms with Crippen LogP contribution in [-0.2, 0) is 6.54 Å². The van der Waals surface area contributed by atoms with Gasteiger partial charge < -0.3 is 14.8 Å². The highest BCUT2D eigenvalue weighted by atomic mass is 79.9. The number of nitrogens with one attached hydrogen (secondary N) is 1. The summed E-state index contributed by atoms with van der Waals surface area (Å²) in [4.78, 5) is 0. The van der Waals surface area contributed by atoms with Gasteiger partial charge in [-0.15, -0.1) is 0 Å². The molecule has 0 aromatic heterocycles. The number of hydrogen-bond donors (Lipinski definition) is 1. The van der Waals surface area contributed by atoms with Crippen LogP contribution in [0.4, 0.5) is 5.69 Å². The van der Waals surface area contributed by atoms with Crippen molar-refractivity contribution in [1.82, 2.24) is 0 Å². The van der Waals surface area contributed by atoms with Crippen LogP contribution in [0.3, 0.4) is 0 Å². The zero-order valence-corrected chi connectivity index (χ0v) is 14.5. The molecule has 21 heavy (non-hydrogen) atoms. The Morgan fingerprint density at radius 2 is 1.76 bits per heavy atom. The summed E-state index contributed by atoms with van der Waals surface area (Å²) in [5, 5.41) is 3.42. The fraction of sp³-hybridized carbons (Fsp3) is 0.250. The average molecular weight is 413 g/mol. The van der Waals surface area contributed by atoms with Crippen molar-refractivity contribution < 1.29 is 9.47 Å². The van der Waals surface area contributed by atoms with Gasteiger partial charge in [0.2, 0.25) is 0 Å². The molecule has 3 rings (SSSR count). The van der Waals surface area contributed by atoms with Gasteiger partial charge in [0.15, 0.2) is 11.5 Å². The van der Waals surface area contributed by atoms with E-state index in [1.54, 1.807) is 0 Å². The third-order valence-corrected chi connectivity index (χ3v) is 4.41. The molecule has 0 saturated carbocycles. The number of halogens is 2. The van der Waals surface area contributed by atoms with Crippen molar-refractivity contribution in [1.29, 1.82) is 0 Å². The van der Waals surface area contributed by atoms with E-state index in [0.29, 0.717) is 6.61 Å². The smallest absolute Gasteiger partial charge is 0.161 e. The van der Waals surface area contributed by atoms with Crippen molar-refractivity contribution >= 4 is 37.5 Å². The lowest BCUT2D eigenvalue weighted by Gasteiger charge is -2.12. The second-order valence-electron chi connectivity index (χ2n) is 4.81. The monoisotopic (exact) mass is 411 g/mol. The molecular weight excluding hydrogens is 398 g/mol. The van der Waals surface area contributed by atoms with Crippen molar-refractivity contribution in [2.45, 2.75) is 13.0 Å². The average Bonchev–Trinajstić information content (AvgIpc) is 2.73. The number of fused-ring (bicyclic) bond motifs is 1. The van der Waals surface area contributed by atoms with Crippen LogP contribution >= 0.6 is 31.9 Å². The highest BCUT2D eigenvalue weighted by Gasteiger charge is 2.10. The largest absolute Gasteiger partial charge is 0.490 e. The van der Waals surface area contributed by atoms with Crippen LogP contribution in [-0.4, -0.2) is 13.2 Å². The lowest BCUT2D eigenvalue weighted by molar-refractivity contribution is 0.297. The van der Waals surface area contributed by atoms with E-state index < -0.39 is 0 Å². The quantitative estimate of drug-likeness (QED) is 0.770. The first-order chi connectivity index (χ1) is 10.2. The SMILES string of the molecule is Brc1ccc(Br)c(NCc2ccc3c(c2)OCCCO3)c1. The Labute approximate surface area is 140 Å². The highest BCUT2D eigenvalue weighted by molar-refractivity contribution is 9.11. The summed E-state index contributed by atoms with van der Waals surface area (Å²) in [6.45, 7) is 2.16. The van der Waals surface area contributed by atoms with Crippen LogP contribution in [0.1, 0.15) is 12.0 Å². The minimum Gasteiger partial charge on any atom is -0.490 e. The molecule has 1 heterocycles. The number of hydrogen-bond acceptors (Lipinski definition) is 3. The van der Waals surface area contributed by atoms with Crippen LogP contribution in [0.25, 0.3) is 0 Å². The fourth-order valence-electron chi connectivity index (χ4n) is 2.15. The van der Waals surface area contributed by atoms with Gasteiger partial charge in [-0.1, -0.05) is 22.0 Å². The maximum absolute atomic E-state index is 5.71. The molecule has 0 spiro atoms. The second kappa shape index (κ2) is 6.71. The van der Waals surface area contributed by atoms with Crippen molar-refractivity contribution in [3.63, 3.8) is 0 Å².